The molecule has 0 radical (unpaired) electrons. The monoisotopic (exact) mass is 1430 g/mol. The van der Waals surface area contributed by atoms with Gasteiger partial charge < -0.3 is 8.83 Å². The summed E-state index contributed by atoms with van der Waals surface area (Å²) in [6.07, 6.45) is 0. The van der Waals surface area contributed by atoms with Crippen molar-refractivity contribution in [2.24, 2.45) is 0 Å². The normalized spacial score (nSPS) is 11.6. The molecule has 0 spiro atoms. The Morgan fingerprint density at radius 3 is 0.848 bits per heavy atom. The van der Waals surface area contributed by atoms with Gasteiger partial charge in [-0.25, -0.2) is 9.97 Å². The van der Waals surface area contributed by atoms with Crippen LogP contribution in [0.1, 0.15) is 0 Å². The van der Waals surface area contributed by atoms with Crippen molar-refractivity contribution in [1.29, 1.82) is 0 Å². The van der Waals surface area contributed by atoms with Crippen molar-refractivity contribution in [2.45, 2.75) is 0 Å². The van der Waals surface area contributed by atoms with Crippen LogP contribution in [-0.4, -0.2) is 39.0 Å². The van der Waals surface area contributed by atoms with Crippen LogP contribution in [-0.2, 0) is 0 Å². The summed E-state index contributed by atoms with van der Waals surface area (Å²) < 4.78 is 18.2. The summed E-state index contributed by atoms with van der Waals surface area (Å²) in [4.78, 5) is 31.3. The zero-order chi connectivity index (χ0) is 74.0. The number of benzene rings is 16. The van der Waals surface area contributed by atoms with Crippen molar-refractivity contribution < 1.29 is 8.83 Å². The summed E-state index contributed by atoms with van der Waals surface area (Å²) in [5.74, 6) is 3.40. The molecule has 0 aliphatic heterocycles. The average Bonchev–Trinajstić information content (AvgIpc) is 1.56. The fraction of sp³-hybridized carbons (Fsp3) is 0. The number of nitrogens with zero attached hydrogens (tertiary/aromatic N) is 8. The molecule has 0 aliphatic rings. The van der Waals surface area contributed by atoms with Gasteiger partial charge in [0.05, 0.1) is 11.0 Å². The Kier molecular flexibility index (Phi) is 16.0. The van der Waals surface area contributed by atoms with Crippen molar-refractivity contribution in [3.8, 4) is 124 Å². The Hall–Kier alpha value is -15.3. The molecule has 16 aromatic carbocycles. The molecular weight excluding hydrogens is 1370 g/mol. The van der Waals surface area contributed by atoms with Crippen molar-refractivity contribution >= 4 is 87.5 Å². The molecule has 112 heavy (non-hydrogen) atoms. The van der Waals surface area contributed by atoms with Crippen LogP contribution in [0.5, 0.6) is 0 Å². The third-order valence-electron chi connectivity index (χ3n) is 21.4. The van der Waals surface area contributed by atoms with E-state index in [0.717, 1.165) is 177 Å². The molecule has 6 heterocycles. The smallest absolute Gasteiger partial charge is 0.238 e. The molecule has 0 N–H and O–H groups in total. The summed E-state index contributed by atoms with van der Waals surface area (Å²) in [7, 11) is 0. The molecule has 10 nitrogen and oxygen atoms in total. The van der Waals surface area contributed by atoms with Crippen molar-refractivity contribution in [3.63, 3.8) is 0 Å². The zero-order valence-corrected chi connectivity index (χ0v) is 60.3. The maximum Gasteiger partial charge on any atom is 0.238 e. The third-order valence-corrected chi connectivity index (χ3v) is 21.4. The molecule has 0 atom stereocenters. The Balaban J connectivity index is 0.000000141. The molecule has 0 saturated carbocycles. The van der Waals surface area contributed by atoms with E-state index in [0.29, 0.717) is 35.2 Å². The van der Waals surface area contributed by atoms with Crippen molar-refractivity contribution in [2.75, 3.05) is 0 Å². The molecule has 22 rings (SSSR count). The van der Waals surface area contributed by atoms with Crippen molar-refractivity contribution in [1.82, 2.24) is 39.0 Å². The van der Waals surface area contributed by atoms with Gasteiger partial charge in [0.1, 0.15) is 22.2 Å². The van der Waals surface area contributed by atoms with Gasteiger partial charge in [0.25, 0.3) is 0 Å². The molecule has 6 aromatic heterocycles. The lowest BCUT2D eigenvalue weighted by Crippen LogP contribution is -2.06. The fourth-order valence-electron chi connectivity index (χ4n) is 15.9. The Labute approximate surface area is 643 Å². The van der Waals surface area contributed by atoms with E-state index >= 15 is 0 Å². The first-order chi connectivity index (χ1) is 55.5. The molecule has 0 aliphatic carbocycles. The van der Waals surface area contributed by atoms with E-state index in [-0.39, 0.29) is 0 Å². The second-order valence-corrected chi connectivity index (χ2v) is 28.1. The second-order valence-electron chi connectivity index (χ2n) is 28.1. The first-order valence-corrected chi connectivity index (χ1v) is 37.5. The standard InChI is InChI=1S/2C51H32N4O/c1-4-13-33(14-5-1)35-23-27-38(28-24-35)49-52-50(39-29-25-36(26-30-39)34-15-6-2-7-16-34)54-51(53-49)55-45-22-11-10-19-41(45)42-31-32-44-43-21-12-20-40(37-17-8-3-9-18-37)47(43)56-48(44)46(42)55;1-4-12-33(13-5-1)36-20-24-38(25-21-36)49-52-50(39-26-22-37(23-27-39)34-14-6-2-7-15-34)54-51(53-49)55-45-19-11-10-18-41(45)43-30-31-44-42-29-28-40(35-16-8-3-9-17-35)32-46(42)56-48(44)47(43)55/h2*1-32H. The number of hydrogen-bond acceptors (Lipinski definition) is 8. The van der Waals surface area contributed by atoms with Gasteiger partial charge in [-0.3, -0.25) is 9.13 Å². The van der Waals surface area contributed by atoms with Gasteiger partial charge in [0, 0.05) is 70.9 Å². The molecule has 22 aromatic rings. The van der Waals surface area contributed by atoms with E-state index in [1.54, 1.807) is 0 Å². The summed E-state index contributed by atoms with van der Waals surface area (Å²) in [6, 6.07) is 135. The van der Waals surface area contributed by atoms with Gasteiger partial charge in [0.15, 0.2) is 34.5 Å². The number of fused-ring (bicyclic) bond motifs is 14. The van der Waals surface area contributed by atoms with Gasteiger partial charge in [-0.2, -0.15) is 19.9 Å². The molecule has 0 saturated heterocycles. The first-order valence-electron chi connectivity index (χ1n) is 37.5. The highest BCUT2D eigenvalue weighted by atomic mass is 16.3. The molecule has 10 heteroatoms. The summed E-state index contributed by atoms with van der Waals surface area (Å²) in [5.41, 5.74) is 24.3. The predicted octanol–water partition coefficient (Wildman–Crippen LogP) is 26.4. The van der Waals surface area contributed by atoms with Gasteiger partial charge in [-0.1, -0.05) is 352 Å². The van der Waals surface area contributed by atoms with Crippen LogP contribution in [0, 0.1) is 0 Å². The number of para-hydroxylation sites is 3. The largest absolute Gasteiger partial charge is 0.454 e. The van der Waals surface area contributed by atoms with Gasteiger partial charge in [0.2, 0.25) is 11.9 Å². The van der Waals surface area contributed by atoms with Crippen LogP contribution >= 0.6 is 0 Å². The van der Waals surface area contributed by atoms with Crippen LogP contribution in [0.2, 0.25) is 0 Å². The summed E-state index contributed by atoms with van der Waals surface area (Å²) in [6.45, 7) is 0. The number of furan rings is 2. The van der Waals surface area contributed by atoms with E-state index in [2.05, 4.69) is 361 Å². The molecule has 0 bridgehead atoms. The Bertz CT molecular complexity index is 7090. The summed E-state index contributed by atoms with van der Waals surface area (Å²) >= 11 is 0. The van der Waals surface area contributed by atoms with Gasteiger partial charge >= 0.3 is 0 Å². The summed E-state index contributed by atoms with van der Waals surface area (Å²) in [5, 5.41) is 8.53. The van der Waals surface area contributed by atoms with Crippen LogP contribution in [0.15, 0.2) is 397 Å². The molecule has 0 fully saturated rings. The van der Waals surface area contributed by atoms with Gasteiger partial charge in [-0.15, -0.1) is 0 Å². The highest BCUT2D eigenvalue weighted by Crippen LogP contribution is 2.45. The minimum atomic E-state index is 0.520. The SMILES string of the molecule is c1ccc(-c2ccc(-c3nc(-c4ccc(-c5ccccc5)cc4)nc(-n4c5ccccc5c5ccc6c7ccc(-c8ccccc8)cc7oc6c54)n3)cc2)cc1.c1ccc(-c2ccc(-c3nc(-c4ccc(-c5ccccc5)cc4)nc(-n4c5ccccc5c5ccc6c7cccc(-c8ccccc8)c7oc6c54)n3)cc2)cc1. The Morgan fingerprint density at radius 1 is 0.179 bits per heavy atom. The average molecular weight is 1430 g/mol. The van der Waals surface area contributed by atoms with Crippen LogP contribution < -0.4 is 0 Å². The third kappa shape index (κ3) is 11.6. The number of aromatic nitrogens is 8. The number of hydrogen-bond donors (Lipinski definition) is 0. The maximum atomic E-state index is 6.99. The van der Waals surface area contributed by atoms with Gasteiger partial charge in [-0.05, 0) is 97.6 Å². The van der Waals surface area contributed by atoms with E-state index in [9.17, 15) is 0 Å². The number of rotatable bonds is 12. The van der Waals surface area contributed by atoms with Crippen LogP contribution in [0.3, 0.4) is 0 Å². The lowest BCUT2D eigenvalue weighted by atomic mass is 10.0. The second kappa shape index (κ2) is 27.5. The van der Waals surface area contributed by atoms with E-state index in [4.69, 9.17) is 38.7 Å². The van der Waals surface area contributed by atoms with E-state index < -0.39 is 0 Å². The zero-order valence-electron chi connectivity index (χ0n) is 60.3. The lowest BCUT2D eigenvalue weighted by molar-refractivity contribution is 0.670. The van der Waals surface area contributed by atoms with Crippen molar-refractivity contribution in [3.05, 3.63) is 388 Å². The minimum Gasteiger partial charge on any atom is -0.454 e. The quantitative estimate of drug-likeness (QED) is 0.119. The molecule has 0 unspecified atom stereocenters. The minimum absolute atomic E-state index is 0.520. The first kappa shape index (κ1) is 65.1. The molecule has 0 amide bonds. The predicted molar refractivity (Wildman–Crippen MR) is 457 cm³/mol. The molecule has 524 valence electrons. The highest BCUT2D eigenvalue weighted by Gasteiger charge is 2.26. The Morgan fingerprint density at radius 2 is 0.455 bits per heavy atom. The van der Waals surface area contributed by atoms with E-state index in [1.807, 2.05) is 36.4 Å². The maximum absolute atomic E-state index is 6.99. The highest BCUT2D eigenvalue weighted by molar-refractivity contribution is 6.23. The lowest BCUT2D eigenvalue weighted by Gasteiger charge is -2.12. The van der Waals surface area contributed by atoms with E-state index in [1.165, 1.54) is 0 Å². The topological polar surface area (TPSA) is 113 Å². The van der Waals surface area contributed by atoms with Crippen LogP contribution in [0.25, 0.3) is 212 Å². The van der Waals surface area contributed by atoms with Crippen LogP contribution in [0.4, 0.5) is 0 Å². The molecular formula is C102H64N8O2. The fourth-order valence-corrected chi connectivity index (χ4v) is 15.9.